The molecule has 5 heteroatoms. The number of ether oxygens (including phenoxy) is 1. The lowest BCUT2D eigenvalue weighted by atomic mass is 10.3. The van der Waals surface area contributed by atoms with Gasteiger partial charge < -0.3 is 15.4 Å². The van der Waals surface area contributed by atoms with E-state index in [2.05, 4.69) is 20.5 Å². The molecule has 2 aliphatic carbocycles. The molecule has 0 amide bonds. The number of aliphatic imine (C=N–C) groups is 1. The number of rotatable bonds is 9. The van der Waals surface area contributed by atoms with Crippen molar-refractivity contribution in [1.82, 2.24) is 15.5 Å². The number of nitrogens with one attached hydrogen (secondary N) is 2. The van der Waals surface area contributed by atoms with Crippen molar-refractivity contribution in [3.63, 3.8) is 0 Å². The van der Waals surface area contributed by atoms with E-state index in [1.165, 1.54) is 32.2 Å². The molecule has 19 heavy (non-hydrogen) atoms. The van der Waals surface area contributed by atoms with Gasteiger partial charge in [-0.25, -0.2) is 0 Å². The molecule has 2 saturated carbocycles. The van der Waals surface area contributed by atoms with Crippen LogP contribution in [-0.2, 0) is 4.74 Å². The van der Waals surface area contributed by atoms with Gasteiger partial charge in [0.05, 0.1) is 6.61 Å². The van der Waals surface area contributed by atoms with Gasteiger partial charge in [0.2, 0.25) is 0 Å². The fourth-order valence-electron chi connectivity index (χ4n) is 2.30. The highest BCUT2D eigenvalue weighted by Crippen LogP contribution is 2.34. The Kier molecular flexibility index (Phi) is 5.92. The van der Waals surface area contributed by atoms with Crippen molar-refractivity contribution in [2.75, 3.05) is 46.9 Å². The van der Waals surface area contributed by atoms with Gasteiger partial charge in [-0.1, -0.05) is 0 Å². The summed E-state index contributed by atoms with van der Waals surface area (Å²) in [5.41, 5.74) is 0. The molecule has 0 aromatic carbocycles. The first-order valence-corrected chi connectivity index (χ1v) is 7.51. The minimum Gasteiger partial charge on any atom is -0.383 e. The van der Waals surface area contributed by atoms with Gasteiger partial charge in [0, 0.05) is 46.4 Å². The average molecular weight is 268 g/mol. The Hall–Kier alpha value is -0.810. The van der Waals surface area contributed by atoms with Crippen LogP contribution < -0.4 is 10.6 Å². The second kappa shape index (κ2) is 7.70. The van der Waals surface area contributed by atoms with E-state index in [1.54, 1.807) is 7.11 Å². The monoisotopic (exact) mass is 268 g/mol. The van der Waals surface area contributed by atoms with Crippen molar-refractivity contribution in [3.05, 3.63) is 0 Å². The van der Waals surface area contributed by atoms with Gasteiger partial charge in [0.1, 0.15) is 0 Å². The van der Waals surface area contributed by atoms with Crippen LogP contribution in [0.4, 0.5) is 0 Å². The minimum absolute atomic E-state index is 0.705. The van der Waals surface area contributed by atoms with E-state index < -0.39 is 0 Å². The normalized spacial score (nSPS) is 19.8. The van der Waals surface area contributed by atoms with E-state index in [-0.39, 0.29) is 0 Å². The van der Waals surface area contributed by atoms with Crippen molar-refractivity contribution in [2.45, 2.75) is 31.7 Å². The summed E-state index contributed by atoms with van der Waals surface area (Å²) in [7, 11) is 3.52. The van der Waals surface area contributed by atoms with Crippen molar-refractivity contribution in [3.8, 4) is 0 Å². The number of hydrogen-bond donors (Lipinski definition) is 2. The molecule has 2 aliphatic rings. The number of methoxy groups -OCH3 is 1. The minimum atomic E-state index is 0.705. The Morgan fingerprint density at radius 3 is 2.53 bits per heavy atom. The van der Waals surface area contributed by atoms with Crippen LogP contribution >= 0.6 is 0 Å². The fraction of sp³-hybridized carbons (Fsp3) is 0.929. The zero-order valence-electron chi connectivity index (χ0n) is 12.3. The second-order valence-corrected chi connectivity index (χ2v) is 5.59. The predicted octanol–water partition coefficient (Wildman–Crippen LogP) is 0.672. The SMILES string of the molecule is CN=C(NCCOC)NCCN(CC1CC1)C1CC1. The Morgan fingerprint density at radius 2 is 1.95 bits per heavy atom. The van der Waals surface area contributed by atoms with Gasteiger partial charge >= 0.3 is 0 Å². The molecule has 2 fully saturated rings. The summed E-state index contributed by atoms with van der Waals surface area (Å²) in [6.45, 7) is 4.91. The standard InChI is InChI=1S/C14H28N4O/c1-15-14(17-8-10-19-2)16-7-9-18(13-5-6-13)11-12-3-4-12/h12-13H,3-11H2,1-2H3,(H2,15,16,17). The lowest BCUT2D eigenvalue weighted by molar-refractivity contribution is 0.203. The first-order valence-electron chi connectivity index (χ1n) is 7.51. The van der Waals surface area contributed by atoms with Gasteiger partial charge in [-0.15, -0.1) is 0 Å². The number of hydrogen-bond acceptors (Lipinski definition) is 3. The van der Waals surface area contributed by atoms with Crippen LogP contribution in [0.25, 0.3) is 0 Å². The molecule has 0 unspecified atom stereocenters. The summed E-state index contributed by atoms with van der Waals surface area (Å²) in [5.74, 6) is 1.86. The van der Waals surface area contributed by atoms with Crippen LogP contribution in [0, 0.1) is 5.92 Å². The van der Waals surface area contributed by atoms with Crippen LogP contribution in [0.5, 0.6) is 0 Å². The lowest BCUT2D eigenvalue weighted by Crippen LogP contribution is -2.43. The summed E-state index contributed by atoms with van der Waals surface area (Å²) >= 11 is 0. The number of guanidine groups is 1. The molecular weight excluding hydrogens is 240 g/mol. The molecule has 0 radical (unpaired) electrons. The van der Waals surface area contributed by atoms with Crippen LogP contribution in [0.3, 0.4) is 0 Å². The smallest absolute Gasteiger partial charge is 0.191 e. The van der Waals surface area contributed by atoms with E-state index in [4.69, 9.17) is 4.74 Å². The molecule has 0 aromatic heterocycles. The Morgan fingerprint density at radius 1 is 1.21 bits per heavy atom. The molecule has 5 nitrogen and oxygen atoms in total. The van der Waals surface area contributed by atoms with Gasteiger partial charge in [0.25, 0.3) is 0 Å². The van der Waals surface area contributed by atoms with E-state index in [9.17, 15) is 0 Å². The maximum atomic E-state index is 5.02. The zero-order chi connectivity index (χ0) is 13.5. The van der Waals surface area contributed by atoms with Crippen molar-refractivity contribution >= 4 is 5.96 Å². The molecule has 110 valence electrons. The van der Waals surface area contributed by atoms with Crippen LogP contribution in [0.2, 0.25) is 0 Å². The van der Waals surface area contributed by atoms with E-state index in [0.29, 0.717) is 6.61 Å². The van der Waals surface area contributed by atoms with Crippen LogP contribution in [0.1, 0.15) is 25.7 Å². The topological polar surface area (TPSA) is 48.9 Å². The van der Waals surface area contributed by atoms with E-state index >= 15 is 0 Å². The predicted molar refractivity (Wildman–Crippen MR) is 78.6 cm³/mol. The van der Waals surface area contributed by atoms with Crippen LogP contribution in [-0.4, -0.2) is 63.8 Å². The first kappa shape index (κ1) is 14.6. The molecule has 0 atom stereocenters. The largest absolute Gasteiger partial charge is 0.383 e. The van der Waals surface area contributed by atoms with Gasteiger partial charge in [0.15, 0.2) is 5.96 Å². The Bertz CT molecular complexity index is 287. The molecule has 0 heterocycles. The zero-order valence-corrected chi connectivity index (χ0v) is 12.3. The third-order valence-electron chi connectivity index (χ3n) is 3.77. The Balaban J connectivity index is 1.59. The molecule has 2 rings (SSSR count). The summed E-state index contributed by atoms with van der Waals surface area (Å²) in [6.07, 6.45) is 5.68. The number of nitrogens with zero attached hydrogens (tertiary/aromatic N) is 2. The van der Waals surface area contributed by atoms with Gasteiger partial charge in [-0.3, -0.25) is 9.89 Å². The van der Waals surface area contributed by atoms with Crippen molar-refractivity contribution in [1.29, 1.82) is 0 Å². The summed E-state index contributed by atoms with van der Waals surface area (Å²) < 4.78 is 5.02. The second-order valence-electron chi connectivity index (χ2n) is 5.59. The van der Waals surface area contributed by atoms with E-state index in [0.717, 1.165) is 37.6 Å². The van der Waals surface area contributed by atoms with E-state index in [1.807, 2.05) is 7.05 Å². The highest BCUT2D eigenvalue weighted by atomic mass is 16.5. The van der Waals surface area contributed by atoms with Crippen molar-refractivity contribution < 1.29 is 4.74 Å². The Labute approximate surface area is 116 Å². The maximum Gasteiger partial charge on any atom is 0.191 e. The molecule has 0 aliphatic heterocycles. The summed E-state index contributed by atoms with van der Waals surface area (Å²) in [4.78, 5) is 6.87. The first-order chi connectivity index (χ1) is 9.33. The quantitative estimate of drug-likeness (QED) is 0.367. The highest BCUT2D eigenvalue weighted by molar-refractivity contribution is 5.79. The van der Waals surface area contributed by atoms with Crippen LogP contribution in [0.15, 0.2) is 4.99 Å². The third-order valence-corrected chi connectivity index (χ3v) is 3.77. The summed E-state index contributed by atoms with van der Waals surface area (Å²) in [6, 6.07) is 0.867. The van der Waals surface area contributed by atoms with Crippen molar-refractivity contribution in [2.24, 2.45) is 10.9 Å². The third kappa shape index (κ3) is 5.78. The maximum absolute atomic E-state index is 5.02. The van der Waals surface area contributed by atoms with Gasteiger partial charge in [-0.05, 0) is 31.6 Å². The lowest BCUT2D eigenvalue weighted by Gasteiger charge is -2.22. The molecule has 2 N–H and O–H groups in total. The molecule has 0 spiro atoms. The molecular formula is C14H28N4O. The fourth-order valence-corrected chi connectivity index (χ4v) is 2.30. The average Bonchev–Trinajstić information content (AvgIpc) is 3.28. The summed E-state index contributed by atoms with van der Waals surface area (Å²) in [5, 5.41) is 6.61. The molecule has 0 aromatic rings. The molecule has 0 saturated heterocycles. The molecule has 0 bridgehead atoms. The highest BCUT2D eigenvalue weighted by Gasteiger charge is 2.33. The van der Waals surface area contributed by atoms with Gasteiger partial charge in [-0.2, -0.15) is 0 Å².